The number of benzene rings is 2. The minimum absolute atomic E-state index is 0.124. The van der Waals surface area contributed by atoms with Gasteiger partial charge in [0.1, 0.15) is 23.4 Å². The number of nitrogens with zero attached hydrogens (tertiary/aromatic N) is 2. The van der Waals surface area contributed by atoms with Gasteiger partial charge < -0.3 is 4.74 Å². The lowest BCUT2D eigenvalue weighted by Crippen LogP contribution is -1.89. The Bertz CT molecular complexity index is 651. The molecule has 2 aromatic rings. The number of ether oxygens (including phenoxy) is 1. The lowest BCUT2D eigenvalue weighted by molar-refractivity contribution is 0.479. The Morgan fingerprint density at radius 1 is 0.944 bits per heavy atom. The molecule has 0 unspecified atom stereocenters. The molecule has 0 heterocycles. The molecule has 2 rings (SSSR count). The van der Waals surface area contributed by atoms with E-state index in [1.165, 1.54) is 12.1 Å². The predicted molar refractivity (Wildman–Crippen MR) is 62.3 cm³/mol. The molecule has 18 heavy (non-hydrogen) atoms. The summed E-state index contributed by atoms with van der Waals surface area (Å²) in [4.78, 5) is 0. The molecule has 2 aromatic carbocycles. The van der Waals surface area contributed by atoms with Gasteiger partial charge in [0.05, 0.1) is 17.2 Å². The molecule has 0 aliphatic rings. The van der Waals surface area contributed by atoms with Crippen molar-refractivity contribution in [3.63, 3.8) is 0 Å². The summed E-state index contributed by atoms with van der Waals surface area (Å²) in [6.45, 7) is 0. The molecular weight excluding hydrogens is 231 g/mol. The summed E-state index contributed by atoms with van der Waals surface area (Å²) in [6.07, 6.45) is 0. The highest BCUT2D eigenvalue weighted by molar-refractivity contribution is 5.46. The largest absolute Gasteiger partial charge is 0.456 e. The summed E-state index contributed by atoms with van der Waals surface area (Å²) in [5.41, 5.74) is 0.640. The normalized spacial score (nSPS) is 9.28. The van der Waals surface area contributed by atoms with Crippen LogP contribution in [0.3, 0.4) is 0 Å². The first-order chi connectivity index (χ1) is 8.72. The number of hydrogen-bond donors (Lipinski definition) is 0. The van der Waals surface area contributed by atoms with Gasteiger partial charge in [-0.25, -0.2) is 4.39 Å². The van der Waals surface area contributed by atoms with E-state index in [4.69, 9.17) is 15.3 Å². The van der Waals surface area contributed by atoms with Crippen molar-refractivity contribution >= 4 is 0 Å². The van der Waals surface area contributed by atoms with E-state index in [0.29, 0.717) is 11.3 Å². The smallest absolute Gasteiger partial charge is 0.145 e. The van der Waals surface area contributed by atoms with E-state index in [0.717, 1.165) is 6.07 Å². The van der Waals surface area contributed by atoms with Gasteiger partial charge in [-0.3, -0.25) is 0 Å². The van der Waals surface area contributed by atoms with Crippen LogP contribution in [-0.2, 0) is 0 Å². The SMILES string of the molecule is N#Cc1ccc(Oc2ccc(F)cc2C#N)cc1. The molecule has 0 aromatic heterocycles. The standard InChI is InChI=1S/C14H7FN2O/c15-12-3-6-14(11(7-12)9-17)18-13-4-1-10(8-16)2-5-13/h1-7H. The van der Waals surface area contributed by atoms with Crippen LogP contribution in [0.1, 0.15) is 11.1 Å². The summed E-state index contributed by atoms with van der Waals surface area (Å²) < 4.78 is 18.4. The van der Waals surface area contributed by atoms with Crippen LogP contribution in [-0.4, -0.2) is 0 Å². The molecule has 86 valence electrons. The van der Waals surface area contributed by atoms with E-state index < -0.39 is 5.82 Å². The first kappa shape index (κ1) is 11.6. The van der Waals surface area contributed by atoms with Crippen LogP contribution in [0, 0.1) is 28.5 Å². The molecule has 3 nitrogen and oxygen atoms in total. The van der Waals surface area contributed by atoms with Crippen molar-refractivity contribution in [2.45, 2.75) is 0 Å². The fourth-order valence-corrected chi connectivity index (χ4v) is 1.40. The van der Waals surface area contributed by atoms with Gasteiger partial charge in [0.25, 0.3) is 0 Å². The number of nitriles is 2. The molecular formula is C14H7FN2O. The molecule has 0 saturated carbocycles. The highest BCUT2D eigenvalue weighted by atomic mass is 19.1. The number of hydrogen-bond acceptors (Lipinski definition) is 3. The maximum absolute atomic E-state index is 12.9. The first-order valence-corrected chi connectivity index (χ1v) is 5.10. The van der Waals surface area contributed by atoms with Crippen molar-refractivity contribution in [1.29, 1.82) is 10.5 Å². The maximum Gasteiger partial charge on any atom is 0.145 e. The highest BCUT2D eigenvalue weighted by Gasteiger charge is 2.06. The lowest BCUT2D eigenvalue weighted by Gasteiger charge is -2.07. The summed E-state index contributed by atoms with van der Waals surface area (Å²) in [7, 11) is 0. The molecule has 0 aliphatic carbocycles. The van der Waals surface area contributed by atoms with Crippen molar-refractivity contribution in [3.8, 4) is 23.6 Å². The average Bonchev–Trinajstić information content (AvgIpc) is 2.41. The second kappa shape index (κ2) is 4.99. The Balaban J connectivity index is 2.29. The Labute approximate surface area is 103 Å². The third kappa shape index (κ3) is 2.45. The van der Waals surface area contributed by atoms with Crippen LogP contribution in [0.25, 0.3) is 0 Å². The van der Waals surface area contributed by atoms with E-state index in [1.54, 1.807) is 24.3 Å². The fraction of sp³-hybridized carbons (Fsp3) is 0. The highest BCUT2D eigenvalue weighted by Crippen LogP contribution is 2.25. The lowest BCUT2D eigenvalue weighted by atomic mass is 10.2. The monoisotopic (exact) mass is 238 g/mol. The predicted octanol–water partition coefficient (Wildman–Crippen LogP) is 3.36. The van der Waals surface area contributed by atoms with Gasteiger partial charge in [0, 0.05) is 0 Å². The second-order valence-corrected chi connectivity index (χ2v) is 3.49. The Morgan fingerprint density at radius 3 is 2.28 bits per heavy atom. The Hall–Kier alpha value is -2.85. The minimum atomic E-state index is -0.487. The van der Waals surface area contributed by atoms with E-state index in [9.17, 15) is 4.39 Å². The molecule has 4 heteroatoms. The van der Waals surface area contributed by atoms with Gasteiger partial charge in [0.2, 0.25) is 0 Å². The summed E-state index contributed by atoms with van der Waals surface area (Å²) >= 11 is 0. The zero-order chi connectivity index (χ0) is 13.0. The van der Waals surface area contributed by atoms with Crippen molar-refractivity contribution in [2.24, 2.45) is 0 Å². The van der Waals surface area contributed by atoms with Gasteiger partial charge in [-0.05, 0) is 42.5 Å². The third-order valence-corrected chi connectivity index (χ3v) is 2.27. The zero-order valence-electron chi connectivity index (χ0n) is 9.22. The molecule has 0 bridgehead atoms. The van der Waals surface area contributed by atoms with Crippen LogP contribution in [0.5, 0.6) is 11.5 Å². The Kier molecular flexibility index (Phi) is 3.22. The molecule has 0 N–H and O–H groups in total. The van der Waals surface area contributed by atoms with Crippen molar-refractivity contribution in [1.82, 2.24) is 0 Å². The van der Waals surface area contributed by atoms with Crippen molar-refractivity contribution in [3.05, 3.63) is 59.4 Å². The molecule has 0 amide bonds. The maximum atomic E-state index is 12.9. The van der Waals surface area contributed by atoms with Crippen LogP contribution in [0.15, 0.2) is 42.5 Å². The van der Waals surface area contributed by atoms with Gasteiger partial charge >= 0.3 is 0 Å². The van der Waals surface area contributed by atoms with Crippen LogP contribution < -0.4 is 4.74 Å². The topological polar surface area (TPSA) is 56.8 Å². The van der Waals surface area contributed by atoms with E-state index in [2.05, 4.69) is 0 Å². The minimum Gasteiger partial charge on any atom is -0.456 e. The van der Waals surface area contributed by atoms with Gasteiger partial charge in [0.15, 0.2) is 0 Å². The van der Waals surface area contributed by atoms with E-state index >= 15 is 0 Å². The van der Waals surface area contributed by atoms with E-state index in [-0.39, 0.29) is 11.3 Å². The fourth-order valence-electron chi connectivity index (χ4n) is 1.40. The van der Waals surface area contributed by atoms with Gasteiger partial charge in [-0.15, -0.1) is 0 Å². The summed E-state index contributed by atoms with van der Waals surface area (Å²) in [6, 6.07) is 14.0. The average molecular weight is 238 g/mol. The van der Waals surface area contributed by atoms with Gasteiger partial charge in [-0.2, -0.15) is 10.5 Å². The molecule has 0 atom stereocenters. The number of halogens is 1. The molecule has 0 radical (unpaired) electrons. The van der Waals surface area contributed by atoms with Crippen LogP contribution in [0.2, 0.25) is 0 Å². The molecule has 0 aliphatic heterocycles. The quantitative estimate of drug-likeness (QED) is 0.805. The van der Waals surface area contributed by atoms with Crippen LogP contribution in [0.4, 0.5) is 4.39 Å². The summed E-state index contributed by atoms with van der Waals surface area (Å²) in [5, 5.41) is 17.5. The van der Waals surface area contributed by atoms with Crippen molar-refractivity contribution < 1.29 is 9.13 Å². The summed E-state index contributed by atoms with van der Waals surface area (Å²) in [5.74, 6) is 0.277. The van der Waals surface area contributed by atoms with E-state index in [1.807, 2.05) is 12.1 Å². The molecule has 0 spiro atoms. The first-order valence-electron chi connectivity index (χ1n) is 5.10. The second-order valence-electron chi connectivity index (χ2n) is 3.49. The zero-order valence-corrected chi connectivity index (χ0v) is 9.22. The molecule has 0 saturated heterocycles. The third-order valence-electron chi connectivity index (χ3n) is 2.27. The number of rotatable bonds is 2. The van der Waals surface area contributed by atoms with Crippen molar-refractivity contribution in [2.75, 3.05) is 0 Å². The molecule has 0 fully saturated rings. The van der Waals surface area contributed by atoms with Gasteiger partial charge in [-0.1, -0.05) is 0 Å². The van der Waals surface area contributed by atoms with Crippen LogP contribution >= 0.6 is 0 Å². The Morgan fingerprint density at radius 2 is 1.67 bits per heavy atom.